The van der Waals surface area contributed by atoms with E-state index in [1.165, 1.54) is 0 Å². The van der Waals surface area contributed by atoms with Crippen LogP contribution in [-0.4, -0.2) is 48.5 Å². The third-order valence-corrected chi connectivity index (χ3v) is 3.97. The van der Waals surface area contributed by atoms with Gasteiger partial charge in [0.2, 0.25) is 0 Å². The van der Waals surface area contributed by atoms with E-state index in [1.54, 1.807) is 10.8 Å². The molecule has 102 valence electrons. The molecular weight excluding hydrogens is 384 g/mol. The zero-order valence-corrected chi connectivity index (χ0v) is 12.7. The molecule has 0 bridgehead atoms. The van der Waals surface area contributed by atoms with Crippen molar-refractivity contribution in [3.05, 3.63) is 15.7 Å². The Morgan fingerprint density at radius 1 is 1.42 bits per heavy atom. The van der Waals surface area contributed by atoms with Crippen molar-refractivity contribution in [2.24, 2.45) is 0 Å². The molecule has 1 aliphatic heterocycles. The first kappa shape index (κ1) is 13.4. The first-order chi connectivity index (χ1) is 9.10. The highest BCUT2D eigenvalue weighted by molar-refractivity contribution is 9.10. The molecule has 2 aromatic heterocycles. The number of aromatic nitrogens is 4. The Morgan fingerprint density at radius 3 is 2.89 bits per heavy atom. The van der Waals surface area contributed by atoms with Gasteiger partial charge < -0.3 is 14.9 Å². The normalized spacial score (nSPS) is 27.3. The highest BCUT2D eigenvalue weighted by Crippen LogP contribution is 2.33. The molecule has 3 atom stereocenters. The molecule has 0 unspecified atom stereocenters. The van der Waals surface area contributed by atoms with Crippen molar-refractivity contribution in [2.75, 3.05) is 6.61 Å². The molecule has 0 radical (unpaired) electrons. The topological polar surface area (TPSA) is 93.3 Å². The van der Waals surface area contributed by atoms with Gasteiger partial charge in [0.15, 0.2) is 15.1 Å². The van der Waals surface area contributed by atoms with E-state index < -0.39 is 18.4 Å². The molecule has 0 amide bonds. The lowest BCUT2D eigenvalue weighted by molar-refractivity contribution is -0.0439. The van der Waals surface area contributed by atoms with Crippen LogP contribution in [0.15, 0.2) is 15.7 Å². The SMILES string of the molecule is OC[C@@H]1O[C@@H](n2c(Br)nc3cnc(Br)nc32)C[C@H]1O. The molecule has 0 spiro atoms. The maximum Gasteiger partial charge on any atom is 0.198 e. The number of aliphatic hydroxyl groups excluding tert-OH is 2. The molecule has 2 aromatic rings. The smallest absolute Gasteiger partial charge is 0.198 e. The zero-order valence-electron chi connectivity index (χ0n) is 9.57. The highest BCUT2D eigenvalue weighted by Gasteiger charge is 2.36. The predicted octanol–water partition coefficient (Wildman–Crippen LogP) is 0.992. The van der Waals surface area contributed by atoms with Crippen molar-refractivity contribution in [1.82, 2.24) is 19.5 Å². The van der Waals surface area contributed by atoms with Gasteiger partial charge in [-0.2, -0.15) is 0 Å². The average Bonchev–Trinajstić information content (AvgIpc) is 2.88. The Kier molecular flexibility index (Phi) is 3.56. The van der Waals surface area contributed by atoms with Gasteiger partial charge in [-0.25, -0.2) is 15.0 Å². The first-order valence-electron chi connectivity index (χ1n) is 5.60. The number of hydrogen-bond donors (Lipinski definition) is 2. The number of imidazole rings is 1. The van der Waals surface area contributed by atoms with Crippen molar-refractivity contribution in [1.29, 1.82) is 0 Å². The molecule has 3 rings (SSSR count). The van der Waals surface area contributed by atoms with Gasteiger partial charge in [-0.1, -0.05) is 0 Å². The van der Waals surface area contributed by atoms with E-state index in [1.807, 2.05) is 0 Å². The number of fused-ring (bicyclic) bond motifs is 1. The molecule has 1 saturated heterocycles. The summed E-state index contributed by atoms with van der Waals surface area (Å²) in [6, 6.07) is 0. The standard InChI is InChI=1S/C10H10Br2N4O3/c11-9-13-2-4-8(15-9)16(10(12)14-4)7-1-5(18)6(3-17)19-7/h2,5-7,17-18H,1,3H2/t5-,6+,7-/m1/s1. The van der Waals surface area contributed by atoms with Crippen molar-refractivity contribution >= 4 is 43.0 Å². The summed E-state index contributed by atoms with van der Waals surface area (Å²) in [6.45, 7) is -0.222. The van der Waals surface area contributed by atoms with Crippen LogP contribution in [-0.2, 0) is 4.74 Å². The summed E-state index contributed by atoms with van der Waals surface area (Å²) in [7, 11) is 0. The summed E-state index contributed by atoms with van der Waals surface area (Å²) in [5, 5.41) is 18.9. The molecule has 0 aromatic carbocycles. The van der Waals surface area contributed by atoms with Gasteiger partial charge in [0, 0.05) is 6.42 Å². The molecule has 0 aliphatic carbocycles. The monoisotopic (exact) mass is 392 g/mol. The third kappa shape index (κ3) is 2.29. The molecular formula is C10H10Br2N4O3. The number of hydrogen-bond acceptors (Lipinski definition) is 6. The molecule has 0 saturated carbocycles. The second kappa shape index (κ2) is 5.06. The summed E-state index contributed by atoms with van der Waals surface area (Å²) in [6.07, 6.45) is 0.261. The Balaban J connectivity index is 2.05. The van der Waals surface area contributed by atoms with Gasteiger partial charge in [0.25, 0.3) is 0 Å². The van der Waals surface area contributed by atoms with Gasteiger partial charge in [-0.3, -0.25) is 4.57 Å². The maximum atomic E-state index is 9.80. The van der Waals surface area contributed by atoms with Crippen LogP contribution in [0.25, 0.3) is 11.2 Å². The van der Waals surface area contributed by atoms with E-state index in [4.69, 9.17) is 9.84 Å². The fourth-order valence-corrected chi connectivity index (χ4v) is 2.99. The average molecular weight is 394 g/mol. The molecule has 19 heavy (non-hydrogen) atoms. The second-order valence-electron chi connectivity index (χ2n) is 4.21. The van der Waals surface area contributed by atoms with Crippen LogP contribution in [0.2, 0.25) is 0 Å². The largest absolute Gasteiger partial charge is 0.394 e. The van der Waals surface area contributed by atoms with E-state index >= 15 is 0 Å². The van der Waals surface area contributed by atoms with E-state index in [-0.39, 0.29) is 6.61 Å². The molecule has 1 fully saturated rings. The van der Waals surface area contributed by atoms with Crippen LogP contribution < -0.4 is 0 Å². The fourth-order valence-electron chi connectivity index (χ4n) is 2.14. The van der Waals surface area contributed by atoms with Gasteiger partial charge in [-0.15, -0.1) is 0 Å². The molecule has 7 nitrogen and oxygen atoms in total. The number of nitrogens with zero attached hydrogens (tertiary/aromatic N) is 4. The van der Waals surface area contributed by atoms with E-state index in [0.29, 0.717) is 27.1 Å². The predicted molar refractivity (Wildman–Crippen MR) is 72.3 cm³/mol. The van der Waals surface area contributed by atoms with E-state index in [0.717, 1.165) is 0 Å². The summed E-state index contributed by atoms with van der Waals surface area (Å²) < 4.78 is 8.35. The summed E-state index contributed by atoms with van der Waals surface area (Å²) in [4.78, 5) is 12.6. The van der Waals surface area contributed by atoms with E-state index in [2.05, 4.69) is 46.8 Å². The van der Waals surface area contributed by atoms with Gasteiger partial charge in [0.05, 0.1) is 18.9 Å². The number of ether oxygens (including phenoxy) is 1. The van der Waals surface area contributed by atoms with Crippen LogP contribution >= 0.6 is 31.9 Å². The maximum absolute atomic E-state index is 9.80. The van der Waals surface area contributed by atoms with Crippen molar-refractivity contribution < 1.29 is 14.9 Å². The lowest BCUT2D eigenvalue weighted by Crippen LogP contribution is -2.24. The second-order valence-corrected chi connectivity index (χ2v) is 5.63. The van der Waals surface area contributed by atoms with Crippen LogP contribution in [0.4, 0.5) is 0 Å². The minimum absolute atomic E-state index is 0.222. The molecule has 9 heteroatoms. The van der Waals surface area contributed by atoms with E-state index in [9.17, 15) is 5.11 Å². The fraction of sp³-hybridized carbons (Fsp3) is 0.500. The zero-order chi connectivity index (χ0) is 13.6. The number of rotatable bonds is 2. The van der Waals surface area contributed by atoms with Gasteiger partial charge in [0.1, 0.15) is 17.8 Å². The van der Waals surface area contributed by atoms with Crippen LogP contribution in [0, 0.1) is 0 Å². The lowest BCUT2D eigenvalue weighted by atomic mass is 10.2. The Hall–Kier alpha value is -0.610. The lowest BCUT2D eigenvalue weighted by Gasteiger charge is -2.14. The molecule has 1 aliphatic rings. The Bertz CT molecular complexity index is 620. The van der Waals surface area contributed by atoms with Crippen LogP contribution in [0.3, 0.4) is 0 Å². The Morgan fingerprint density at radius 2 is 2.21 bits per heavy atom. The van der Waals surface area contributed by atoms with Crippen LogP contribution in [0.1, 0.15) is 12.6 Å². The number of halogens is 2. The Labute approximate surface area is 124 Å². The summed E-state index contributed by atoms with van der Waals surface area (Å²) >= 11 is 6.56. The quantitative estimate of drug-likeness (QED) is 0.583. The minimum atomic E-state index is -0.704. The van der Waals surface area contributed by atoms with Gasteiger partial charge in [-0.05, 0) is 31.9 Å². The first-order valence-corrected chi connectivity index (χ1v) is 7.19. The van der Waals surface area contributed by atoms with Crippen molar-refractivity contribution in [3.8, 4) is 0 Å². The number of aliphatic hydroxyl groups is 2. The minimum Gasteiger partial charge on any atom is -0.394 e. The summed E-state index contributed by atoms with van der Waals surface area (Å²) in [5.41, 5.74) is 1.23. The van der Waals surface area contributed by atoms with Crippen molar-refractivity contribution in [3.63, 3.8) is 0 Å². The third-order valence-electron chi connectivity index (χ3n) is 3.03. The summed E-state index contributed by atoms with van der Waals surface area (Å²) in [5.74, 6) is 0. The van der Waals surface area contributed by atoms with Crippen LogP contribution in [0.5, 0.6) is 0 Å². The van der Waals surface area contributed by atoms with Crippen molar-refractivity contribution in [2.45, 2.75) is 24.9 Å². The molecule has 2 N–H and O–H groups in total. The molecule has 3 heterocycles. The highest BCUT2D eigenvalue weighted by atomic mass is 79.9. The van der Waals surface area contributed by atoms with Gasteiger partial charge >= 0.3 is 0 Å².